The SMILES string of the molecule is COc1ccc(CNc2nccc(C(=O)c3ncc(N4CCC(C)(CCCC(C)(C)[S+](N)[O-])CC4)nc3Cl)c2Cl)cc1. The molecule has 1 aliphatic rings. The lowest BCUT2D eigenvalue weighted by molar-refractivity contribution is 0.103. The van der Waals surface area contributed by atoms with E-state index in [-0.39, 0.29) is 31.6 Å². The van der Waals surface area contributed by atoms with Crippen LogP contribution < -0.4 is 20.1 Å². The van der Waals surface area contributed by atoms with Crippen LogP contribution in [0.5, 0.6) is 5.75 Å². The average Bonchev–Trinajstić information content (AvgIpc) is 2.96. The summed E-state index contributed by atoms with van der Waals surface area (Å²) < 4.78 is 16.6. The summed E-state index contributed by atoms with van der Waals surface area (Å²) in [5, 5.41) is 9.04. The summed E-state index contributed by atoms with van der Waals surface area (Å²) in [6, 6.07) is 9.16. The zero-order valence-electron chi connectivity index (χ0n) is 24.5. The standard InChI is InChI=1S/C30H38Cl2N6O3S/c1-29(2,42(33)40)11-5-12-30(3)13-16-38(17-14-30)23-19-35-25(27(32)37-23)26(39)22-10-15-34-28(24(22)31)36-18-20-6-8-21(41-4)9-7-20/h6-10,15,19H,5,11-14,16-18,33H2,1-4H3,(H,34,36). The summed E-state index contributed by atoms with van der Waals surface area (Å²) in [7, 11) is 1.62. The second-order valence-electron chi connectivity index (χ2n) is 11.6. The van der Waals surface area contributed by atoms with Crippen molar-refractivity contribution < 1.29 is 14.1 Å². The highest BCUT2D eigenvalue weighted by molar-refractivity contribution is 7.90. The summed E-state index contributed by atoms with van der Waals surface area (Å²) in [4.78, 5) is 28.8. The number of nitrogens with one attached hydrogen (secondary N) is 1. The van der Waals surface area contributed by atoms with E-state index >= 15 is 0 Å². The molecule has 0 spiro atoms. The number of halogens is 2. The lowest BCUT2D eigenvalue weighted by Gasteiger charge is -2.40. The number of pyridine rings is 1. The van der Waals surface area contributed by atoms with E-state index in [1.807, 2.05) is 38.1 Å². The van der Waals surface area contributed by atoms with Crippen molar-refractivity contribution in [2.24, 2.45) is 10.6 Å². The molecular formula is C30H38Cl2N6O3S. The number of ether oxygens (including phenoxy) is 1. The summed E-state index contributed by atoms with van der Waals surface area (Å²) in [6.07, 6.45) is 7.94. The number of rotatable bonds is 12. The smallest absolute Gasteiger partial charge is 0.216 e. The first-order chi connectivity index (χ1) is 19.9. The Balaban J connectivity index is 1.37. The molecule has 0 saturated carbocycles. The van der Waals surface area contributed by atoms with Gasteiger partial charge in [-0.05, 0) is 75.1 Å². The maximum Gasteiger partial charge on any atom is 0.216 e. The van der Waals surface area contributed by atoms with Gasteiger partial charge in [-0.25, -0.2) is 15.0 Å². The van der Waals surface area contributed by atoms with Gasteiger partial charge in [-0.15, -0.1) is 0 Å². The highest BCUT2D eigenvalue weighted by atomic mass is 35.5. The fourth-order valence-electron chi connectivity index (χ4n) is 5.03. The molecule has 0 bridgehead atoms. The molecule has 0 aliphatic carbocycles. The van der Waals surface area contributed by atoms with Crippen LogP contribution in [0.2, 0.25) is 10.2 Å². The van der Waals surface area contributed by atoms with Crippen molar-refractivity contribution in [1.82, 2.24) is 15.0 Å². The maximum absolute atomic E-state index is 13.4. The second-order valence-corrected chi connectivity index (χ2v) is 14.1. The minimum atomic E-state index is -1.34. The second kappa shape index (κ2) is 13.8. The molecule has 9 nitrogen and oxygen atoms in total. The van der Waals surface area contributed by atoms with Gasteiger partial charge in [0.15, 0.2) is 5.15 Å². The van der Waals surface area contributed by atoms with Gasteiger partial charge in [0.25, 0.3) is 0 Å². The van der Waals surface area contributed by atoms with Crippen LogP contribution in [0, 0.1) is 5.41 Å². The quantitative estimate of drug-likeness (QED) is 0.177. The largest absolute Gasteiger partial charge is 0.598 e. The van der Waals surface area contributed by atoms with E-state index in [2.05, 4.69) is 32.1 Å². The van der Waals surface area contributed by atoms with Crippen LogP contribution >= 0.6 is 23.2 Å². The van der Waals surface area contributed by atoms with Gasteiger partial charge in [0.05, 0.1) is 18.3 Å². The molecule has 1 aliphatic heterocycles. The number of carbonyl (C=O) groups excluding carboxylic acids is 1. The summed E-state index contributed by atoms with van der Waals surface area (Å²) >= 11 is 11.8. The van der Waals surface area contributed by atoms with Gasteiger partial charge >= 0.3 is 0 Å². The van der Waals surface area contributed by atoms with Gasteiger partial charge in [-0.3, -0.25) is 4.79 Å². The van der Waals surface area contributed by atoms with Gasteiger partial charge in [0, 0.05) is 42.8 Å². The first-order valence-corrected chi connectivity index (χ1v) is 15.9. The molecule has 0 radical (unpaired) electrons. The monoisotopic (exact) mass is 632 g/mol. The fourth-order valence-corrected chi connectivity index (χ4v) is 5.86. The Hall–Kier alpha value is -2.63. The third-order valence-electron chi connectivity index (χ3n) is 8.08. The highest BCUT2D eigenvalue weighted by Crippen LogP contribution is 2.38. The summed E-state index contributed by atoms with van der Waals surface area (Å²) in [5.74, 6) is 1.37. The summed E-state index contributed by atoms with van der Waals surface area (Å²) in [5.41, 5.74) is 1.47. The number of anilines is 2. The minimum absolute atomic E-state index is 0.0310. The molecule has 3 aromatic rings. The minimum Gasteiger partial charge on any atom is -0.598 e. The van der Waals surface area contributed by atoms with Gasteiger partial charge in [0.1, 0.15) is 27.8 Å². The van der Waals surface area contributed by atoms with Crippen molar-refractivity contribution in [3.63, 3.8) is 0 Å². The molecule has 3 N–H and O–H groups in total. The zero-order chi connectivity index (χ0) is 30.5. The number of nitrogens with zero attached hydrogens (tertiary/aromatic N) is 4. The third kappa shape index (κ3) is 7.85. The molecule has 4 rings (SSSR count). The Morgan fingerprint density at radius 3 is 2.50 bits per heavy atom. The molecule has 1 fully saturated rings. The Morgan fingerprint density at radius 2 is 1.88 bits per heavy atom. The van der Waals surface area contributed by atoms with E-state index in [0.717, 1.165) is 56.5 Å². The van der Waals surface area contributed by atoms with Crippen LogP contribution in [-0.2, 0) is 17.9 Å². The Morgan fingerprint density at radius 1 is 1.19 bits per heavy atom. The predicted molar refractivity (Wildman–Crippen MR) is 170 cm³/mol. The van der Waals surface area contributed by atoms with Gasteiger partial charge in [-0.2, -0.15) is 5.14 Å². The summed E-state index contributed by atoms with van der Waals surface area (Å²) in [6.45, 7) is 8.28. The average molecular weight is 634 g/mol. The number of carbonyl (C=O) groups is 1. The van der Waals surface area contributed by atoms with Crippen molar-refractivity contribution in [3.8, 4) is 5.75 Å². The lowest BCUT2D eigenvalue weighted by atomic mass is 9.76. The van der Waals surface area contributed by atoms with Crippen LogP contribution in [0.4, 0.5) is 11.6 Å². The maximum atomic E-state index is 13.4. The van der Waals surface area contributed by atoms with Crippen LogP contribution in [-0.4, -0.2) is 50.2 Å². The molecule has 1 aromatic carbocycles. The molecule has 3 heterocycles. The Labute approximate surface area is 260 Å². The molecular weight excluding hydrogens is 595 g/mol. The molecule has 1 unspecified atom stereocenters. The number of hydrogen-bond donors (Lipinski definition) is 2. The van der Waals surface area contributed by atoms with Crippen LogP contribution in [0.1, 0.15) is 74.5 Å². The van der Waals surface area contributed by atoms with E-state index in [9.17, 15) is 9.35 Å². The number of methoxy groups -OCH3 is 1. The molecule has 1 saturated heterocycles. The molecule has 42 heavy (non-hydrogen) atoms. The van der Waals surface area contributed by atoms with Crippen molar-refractivity contribution >= 4 is 52.0 Å². The number of hydrogen-bond acceptors (Lipinski definition) is 9. The van der Waals surface area contributed by atoms with Crippen molar-refractivity contribution in [2.75, 3.05) is 30.4 Å². The Kier molecular flexibility index (Phi) is 10.6. The Bertz CT molecular complexity index is 1380. The van der Waals surface area contributed by atoms with Crippen LogP contribution in [0.3, 0.4) is 0 Å². The van der Waals surface area contributed by atoms with Crippen molar-refractivity contribution in [1.29, 1.82) is 0 Å². The topological polar surface area (TPSA) is 129 Å². The van der Waals surface area contributed by atoms with Gasteiger partial charge in [-0.1, -0.05) is 42.3 Å². The van der Waals surface area contributed by atoms with Crippen molar-refractivity contribution in [2.45, 2.75) is 64.2 Å². The van der Waals surface area contributed by atoms with Gasteiger partial charge < -0.3 is 19.5 Å². The number of benzene rings is 1. The van der Waals surface area contributed by atoms with E-state index < -0.39 is 17.1 Å². The van der Waals surface area contributed by atoms with E-state index in [1.54, 1.807) is 19.4 Å². The number of ketones is 1. The lowest BCUT2D eigenvalue weighted by Crippen LogP contribution is -2.40. The molecule has 12 heteroatoms. The van der Waals surface area contributed by atoms with Crippen LogP contribution in [0.15, 0.2) is 42.7 Å². The van der Waals surface area contributed by atoms with E-state index in [0.29, 0.717) is 18.2 Å². The fraction of sp³-hybridized carbons (Fsp3) is 0.467. The van der Waals surface area contributed by atoms with Gasteiger partial charge in [0.2, 0.25) is 5.78 Å². The first kappa shape index (κ1) is 32.3. The predicted octanol–water partition coefficient (Wildman–Crippen LogP) is 6.21. The molecule has 1 atom stereocenters. The molecule has 2 aromatic heterocycles. The number of nitrogens with two attached hydrogens (primary N) is 1. The van der Waals surface area contributed by atoms with E-state index in [1.165, 1.54) is 6.20 Å². The van der Waals surface area contributed by atoms with E-state index in [4.69, 9.17) is 33.1 Å². The molecule has 0 amide bonds. The van der Waals surface area contributed by atoms with Crippen molar-refractivity contribution in [3.05, 3.63) is 69.7 Å². The third-order valence-corrected chi connectivity index (χ3v) is 10.0. The highest BCUT2D eigenvalue weighted by Gasteiger charge is 2.34. The molecule has 226 valence electrons. The number of aromatic nitrogens is 3. The number of piperidine rings is 1. The normalized spacial score (nSPS) is 15.8. The zero-order valence-corrected chi connectivity index (χ0v) is 26.8. The first-order valence-electron chi connectivity index (χ1n) is 13.9. The van der Waals surface area contributed by atoms with Crippen LogP contribution in [0.25, 0.3) is 0 Å².